The summed E-state index contributed by atoms with van der Waals surface area (Å²) in [5.74, 6) is 0.0642. The van der Waals surface area contributed by atoms with Crippen LogP contribution in [0.3, 0.4) is 0 Å². The molecule has 5 heteroatoms. The van der Waals surface area contributed by atoms with Crippen molar-refractivity contribution in [2.24, 2.45) is 0 Å². The summed E-state index contributed by atoms with van der Waals surface area (Å²) in [6.07, 6.45) is 0.410. The van der Waals surface area contributed by atoms with Crippen molar-refractivity contribution in [2.75, 3.05) is 27.2 Å². The lowest BCUT2D eigenvalue weighted by Crippen LogP contribution is -2.30. The fourth-order valence-electron chi connectivity index (χ4n) is 1.47. The van der Waals surface area contributed by atoms with Gasteiger partial charge in [0.2, 0.25) is 5.91 Å². The summed E-state index contributed by atoms with van der Waals surface area (Å²) in [4.78, 5) is 24.9. The van der Waals surface area contributed by atoms with Crippen molar-refractivity contribution in [1.29, 1.82) is 0 Å². The van der Waals surface area contributed by atoms with Crippen molar-refractivity contribution >= 4 is 34.3 Å². The number of halogens is 1. The van der Waals surface area contributed by atoms with E-state index in [-0.39, 0.29) is 11.7 Å². The average molecular weight is 360 g/mol. The second kappa shape index (κ2) is 7.48. The van der Waals surface area contributed by atoms with Crippen molar-refractivity contribution in [2.45, 2.75) is 6.42 Å². The van der Waals surface area contributed by atoms with Gasteiger partial charge < -0.3 is 5.32 Å². The number of nitrogens with one attached hydrogen (secondary N) is 1. The van der Waals surface area contributed by atoms with E-state index in [2.05, 4.69) is 27.9 Å². The van der Waals surface area contributed by atoms with Gasteiger partial charge in [0, 0.05) is 29.1 Å². The average Bonchev–Trinajstić information content (AvgIpc) is 2.36. The summed E-state index contributed by atoms with van der Waals surface area (Å²) in [7, 11) is 3.45. The van der Waals surface area contributed by atoms with E-state index in [1.807, 2.05) is 36.2 Å². The highest BCUT2D eigenvalue weighted by Crippen LogP contribution is 2.07. The van der Waals surface area contributed by atoms with Crippen LogP contribution in [0.4, 0.5) is 0 Å². The highest BCUT2D eigenvalue weighted by atomic mass is 127. The summed E-state index contributed by atoms with van der Waals surface area (Å²) in [5.41, 5.74) is 0.710. The molecule has 0 radical (unpaired) electrons. The number of benzene rings is 1. The van der Waals surface area contributed by atoms with Gasteiger partial charge in [-0.25, -0.2) is 0 Å². The first kappa shape index (κ1) is 15.1. The maximum Gasteiger partial charge on any atom is 0.221 e. The molecule has 0 aliphatic rings. The van der Waals surface area contributed by atoms with Gasteiger partial charge in [-0.3, -0.25) is 14.5 Å². The van der Waals surface area contributed by atoms with Gasteiger partial charge in [-0.15, -0.1) is 0 Å². The Labute approximate surface area is 121 Å². The zero-order chi connectivity index (χ0) is 13.5. The number of hydrogen-bond donors (Lipinski definition) is 1. The van der Waals surface area contributed by atoms with Gasteiger partial charge in [0.25, 0.3) is 0 Å². The first-order valence-electron chi connectivity index (χ1n) is 5.71. The Balaban J connectivity index is 2.44. The zero-order valence-corrected chi connectivity index (χ0v) is 12.7. The van der Waals surface area contributed by atoms with Crippen LogP contribution in [0.1, 0.15) is 16.8 Å². The molecular weight excluding hydrogens is 343 g/mol. The predicted molar refractivity (Wildman–Crippen MR) is 79.7 cm³/mol. The van der Waals surface area contributed by atoms with Gasteiger partial charge >= 0.3 is 0 Å². The van der Waals surface area contributed by atoms with Crippen LogP contribution in [-0.4, -0.2) is 43.8 Å². The molecule has 1 aromatic rings. The van der Waals surface area contributed by atoms with Crippen LogP contribution in [0, 0.1) is 3.57 Å². The normalized spacial score (nSPS) is 10.4. The third-order valence-electron chi connectivity index (χ3n) is 2.58. The van der Waals surface area contributed by atoms with Crippen molar-refractivity contribution in [3.8, 4) is 0 Å². The highest BCUT2D eigenvalue weighted by Gasteiger charge is 2.10. The predicted octanol–water partition coefficient (Wildman–Crippen LogP) is 1.54. The molecule has 0 heterocycles. The molecule has 0 spiro atoms. The third-order valence-corrected chi connectivity index (χ3v) is 3.30. The molecule has 1 aromatic carbocycles. The standard InChI is InChI=1S/C13H17IN2O2/c1-15-13(18)7-8-16(2)9-12(17)10-3-5-11(14)6-4-10/h3-6H,7-9H2,1-2H3,(H,15,18). The summed E-state index contributed by atoms with van der Waals surface area (Å²) < 4.78 is 1.11. The van der Waals surface area contributed by atoms with Crippen molar-refractivity contribution in [1.82, 2.24) is 10.2 Å². The minimum Gasteiger partial charge on any atom is -0.359 e. The van der Waals surface area contributed by atoms with Crippen molar-refractivity contribution < 1.29 is 9.59 Å². The third kappa shape index (κ3) is 5.14. The number of hydrogen-bond acceptors (Lipinski definition) is 3. The number of Topliss-reactive ketones (excluding diaryl/α,β-unsaturated/α-hetero) is 1. The van der Waals surface area contributed by atoms with E-state index in [0.717, 1.165) is 3.57 Å². The van der Waals surface area contributed by atoms with E-state index in [1.54, 1.807) is 7.05 Å². The number of carbonyl (C=O) groups is 2. The maximum absolute atomic E-state index is 11.9. The van der Waals surface area contributed by atoms with E-state index in [4.69, 9.17) is 0 Å². The van der Waals surface area contributed by atoms with Gasteiger partial charge in [-0.2, -0.15) is 0 Å². The fourth-order valence-corrected chi connectivity index (χ4v) is 1.83. The van der Waals surface area contributed by atoms with Crippen LogP contribution in [0.25, 0.3) is 0 Å². The lowest BCUT2D eigenvalue weighted by molar-refractivity contribution is -0.120. The molecule has 98 valence electrons. The number of carbonyl (C=O) groups excluding carboxylic acids is 2. The zero-order valence-electron chi connectivity index (χ0n) is 10.6. The molecule has 0 bridgehead atoms. The number of likely N-dealkylation sites (N-methyl/N-ethyl adjacent to an activating group) is 1. The SMILES string of the molecule is CNC(=O)CCN(C)CC(=O)c1ccc(I)cc1. The molecular formula is C13H17IN2O2. The number of rotatable bonds is 6. The quantitative estimate of drug-likeness (QED) is 0.619. The van der Waals surface area contributed by atoms with E-state index >= 15 is 0 Å². The van der Waals surface area contributed by atoms with Crippen LogP contribution in [0.5, 0.6) is 0 Å². The molecule has 0 fully saturated rings. The Hall–Kier alpha value is -0.950. The Kier molecular flexibility index (Phi) is 6.28. The van der Waals surface area contributed by atoms with E-state index in [9.17, 15) is 9.59 Å². The molecule has 0 aromatic heterocycles. The van der Waals surface area contributed by atoms with Crippen LogP contribution in [-0.2, 0) is 4.79 Å². The maximum atomic E-state index is 11.9. The number of amides is 1. The summed E-state index contributed by atoms with van der Waals surface area (Å²) in [6, 6.07) is 7.49. The smallest absolute Gasteiger partial charge is 0.221 e. The van der Waals surface area contributed by atoms with Crippen molar-refractivity contribution in [3.05, 3.63) is 33.4 Å². The largest absolute Gasteiger partial charge is 0.359 e. The Bertz CT molecular complexity index is 418. The molecule has 1 N–H and O–H groups in total. The van der Waals surface area contributed by atoms with Crippen LogP contribution in [0.2, 0.25) is 0 Å². The van der Waals surface area contributed by atoms with Gasteiger partial charge in [0.1, 0.15) is 0 Å². The first-order valence-corrected chi connectivity index (χ1v) is 6.78. The minimum atomic E-state index is -0.0106. The van der Waals surface area contributed by atoms with Gasteiger partial charge in [0.15, 0.2) is 5.78 Å². The highest BCUT2D eigenvalue weighted by molar-refractivity contribution is 14.1. The molecule has 0 saturated carbocycles. The number of ketones is 1. The Morgan fingerprint density at radius 2 is 1.89 bits per heavy atom. The first-order chi connectivity index (χ1) is 8.52. The van der Waals surface area contributed by atoms with Gasteiger partial charge in [-0.05, 0) is 41.8 Å². The molecule has 0 aliphatic carbocycles. The van der Waals surface area contributed by atoms with Crippen LogP contribution >= 0.6 is 22.6 Å². The fraction of sp³-hybridized carbons (Fsp3) is 0.385. The van der Waals surface area contributed by atoms with Crippen LogP contribution in [0.15, 0.2) is 24.3 Å². The molecule has 0 saturated heterocycles. The lowest BCUT2D eigenvalue weighted by atomic mass is 10.1. The Morgan fingerprint density at radius 3 is 2.44 bits per heavy atom. The summed E-state index contributed by atoms with van der Waals surface area (Å²) in [6.45, 7) is 0.910. The second-order valence-corrected chi connectivity index (χ2v) is 5.34. The second-order valence-electron chi connectivity index (χ2n) is 4.09. The van der Waals surface area contributed by atoms with Crippen molar-refractivity contribution in [3.63, 3.8) is 0 Å². The summed E-state index contributed by atoms with van der Waals surface area (Å²) in [5, 5.41) is 2.56. The van der Waals surface area contributed by atoms with Gasteiger partial charge in [-0.1, -0.05) is 12.1 Å². The molecule has 4 nitrogen and oxygen atoms in total. The summed E-state index contributed by atoms with van der Waals surface area (Å²) >= 11 is 2.20. The molecule has 1 amide bonds. The molecule has 18 heavy (non-hydrogen) atoms. The van der Waals surface area contributed by atoms with Gasteiger partial charge in [0.05, 0.1) is 6.54 Å². The lowest BCUT2D eigenvalue weighted by Gasteiger charge is -2.15. The molecule has 0 atom stereocenters. The molecule has 0 unspecified atom stereocenters. The monoisotopic (exact) mass is 360 g/mol. The number of nitrogens with zero attached hydrogens (tertiary/aromatic N) is 1. The minimum absolute atomic E-state index is 0.0106. The van der Waals surface area contributed by atoms with E-state index in [0.29, 0.717) is 25.1 Å². The Morgan fingerprint density at radius 1 is 1.28 bits per heavy atom. The van der Waals surface area contributed by atoms with E-state index < -0.39 is 0 Å². The molecule has 1 rings (SSSR count). The van der Waals surface area contributed by atoms with E-state index in [1.165, 1.54) is 0 Å². The van der Waals surface area contributed by atoms with Crippen LogP contribution < -0.4 is 5.32 Å². The topological polar surface area (TPSA) is 49.4 Å². The molecule has 0 aliphatic heterocycles.